The zero-order chi connectivity index (χ0) is 27.3. The Bertz CT molecular complexity index is 1470. The van der Waals surface area contributed by atoms with Gasteiger partial charge in [0.05, 0.1) is 11.1 Å². The van der Waals surface area contributed by atoms with E-state index in [0.29, 0.717) is 28.2 Å². The number of carbonyl (C=O) groups is 2. The maximum absolute atomic E-state index is 13.0. The number of alkyl halides is 3. The molecule has 38 heavy (non-hydrogen) atoms. The van der Waals surface area contributed by atoms with Crippen LogP contribution in [0.3, 0.4) is 0 Å². The molecule has 4 aromatic rings. The first-order chi connectivity index (χ1) is 18.1. The maximum Gasteiger partial charge on any atom is 0.417 e. The van der Waals surface area contributed by atoms with Gasteiger partial charge in [0, 0.05) is 34.8 Å². The van der Waals surface area contributed by atoms with Crippen LogP contribution in [0, 0.1) is 0 Å². The van der Waals surface area contributed by atoms with E-state index in [1.165, 1.54) is 30.8 Å². The zero-order valence-electron chi connectivity index (χ0n) is 19.5. The molecule has 4 rings (SSSR count). The number of ether oxygens (including phenoxy) is 1. The van der Waals surface area contributed by atoms with Crippen molar-refractivity contribution in [1.82, 2.24) is 9.97 Å². The van der Waals surface area contributed by atoms with E-state index in [0.717, 1.165) is 11.0 Å². The molecular weight excluding hydrogens is 541 g/mol. The second kappa shape index (κ2) is 11.5. The average Bonchev–Trinajstić information content (AvgIpc) is 2.87. The van der Waals surface area contributed by atoms with Gasteiger partial charge in [-0.1, -0.05) is 35.5 Å². The van der Waals surface area contributed by atoms with Gasteiger partial charge in [-0.05, 0) is 54.6 Å². The summed E-state index contributed by atoms with van der Waals surface area (Å²) in [5.41, 5.74) is -0.0796. The Morgan fingerprint density at radius 1 is 0.947 bits per heavy atom. The minimum absolute atomic E-state index is 0.179. The van der Waals surface area contributed by atoms with Crippen LogP contribution in [0.4, 0.5) is 24.7 Å². The summed E-state index contributed by atoms with van der Waals surface area (Å²) in [5, 5.41) is 5.12. The standard InChI is InChI=1S/C26H18ClF3N4O3S/c1-15(35)33-23-11-10-19(14-31-23)38-22-5-3-2-4-20(22)24(36)34-17-6-8-18(9-7-17)37-25-21(27)12-16(13-32-25)26(28,29)30/h2-14H,1H3,(H,34,36)(H,31,33,35). The van der Waals surface area contributed by atoms with Gasteiger partial charge in [0.1, 0.15) is 16.6 Å². The summed E-state index contributed by atoms with van der Waals surface area (Å²) in [6.07, 6.45) is -2.33. The van der Waals surface area contributed by atoms with Crippen molar-refractivity contribution in [3.05, 3.63) is 95.3 Å². The SMILES string of the molecule is CC(=O)Nc1ccc(Sc2ccccc2C(=O)Nc2ccc(Oc3ncc(C(F)(F)F)cc3Cl)cc2)cn1. The summed E-state index contributed by atoms with van der Waals surface area (Å²) in [5.74, 6) is -0.0568. The number of hydrogen-bond acceptors (Lipinski definition) is 6. The highest BCUT2D eigenvalue weighted by Crippen LogP contribution is 2.35. The third-order valence-electron chi connectivity index (χ3n) is 4.86. The number of aromatic nitrogens is 2. The van der Waals surface area contributed by atoms with Crippen LogP contribution in [0.25, 0.3) is 0 Å². The smallest absolute Gasteiger partial charge is 0.417 e. The molecule has 0 radical (unpaired) electrons. The molecule has 0 fully saturated rings. The predicted molar refractivity (Wildman–Crippen MR) is 138 cm³/mol. The lowest BCUT2D eigenvalue weighted by atomic mass is 10.2. The zero-order valence-corrected chi connectivity index (χ0v) is 21.1. The molecular formula is C26H18ClF3N4O3S. The number of benzene rings is 2. The van der Waals surface area contributed by atoms with Gasteiger partial charge < -0.3 is 15.4 Å². The van der Waals surface area contributed by atoms with Crippen LogP contribution in [-0.4, -0.2) is 21.8 Å². The van der Waals surface area contributed by atoms with Crippen molar-refractivity contribution in [3.63, 3.8) is 0 Å². The summed E-state index contributed by atoms with van der Waals surface area (Å²) in [4.78, 5) is 33.5. The van der Waals surface area contributed by atoms with Gasteiger partial charge in [-0.25, -0.2) is 9.97 Å². The van der Waals surface area contributed by atoms with Crippen molar-refractivity contribution in [2.45, 2.75) is 22.9 Å². The van der Waals surface area contributed by atoms with Gasteiger partial charge in [0.2, 0.25) is 11.8 Å². The summed E-state index contributed by atoms with van der Waals surface area (Å²) in [7, 11) is 0. The van der Waals surface area contributed by atoms with Crippen LogP contribution in [0.5, 0.6) is 11.6 Å². The van der Waals surface area contributed by atoms with E-state index in [4.69, 9.17) is 16.3 Å². The predicted octanol–water partition coefficient (Wildman–Crippen LogP) is 7.30. The molecule has 0 bridgehead atoms. The van der Waals surface area contributed by atoms with Gasteiger partial charge in [0.15, 0.2) is 0 Å². The molecule has 7 nitrogen and oxygen atoms in total. The number of rotatable bonds is 7. The van der Waals surface area contributed by atoms with E-state index in [9.17, 15) is 22.8 Å². The summed E-state index contributed by atoms with van der Waals surface area (Å²) >= 11 is 7.23. The van der Waals surface area contributed by atoms with E-state index in [1.807, 2.05) is 6.07 Å². The van der Waals surface area contributed by atoms with E-state index in [-0.39, 0.29) is 28.5 Å². The number of nitrogens with one attached hydrogen (secondary N) is 2. The summed E-state index contributed by atoms with van der Waals surface area (Å²) in [6.45, 7) is 1.39. The summed E-state index contributed by atoms with van der Waals surface area (Å²) in [6, 6.07) is 17.4. The van der Waals surface area contributed by atoms with Crippen molar-refractivity contribution in [2.75, 3.05) is 10.6 Å². The Kier molecular flexibility index (Phi) is 8.18. The van der Waals surface area contributed by atoms with E-state index in [1.54, 1.807) is 48.7 Å². The molecule has 0 saturated heterocycles. The van der Waals surface area contributed by atoms with Gasteiger partial charge in [-0.3, -0.25) is 9.59 Å². The molecule has 2 amide bonds. The van der Waals surface area contributed by atoms with Gasteiger partial charge in [-0.2, -0.15) is 13.2 Å². The fourth-order valence-corrected chi connectivity index (χ4v) is 4.25. The highest BCUT2D eigenvalue weighted by Gasteiger charge is 2.31. The molecule has 12 heteroatoms. The minimum atomic E-state index is -4.57. The number of halogens is 4. The normalized spacial score (nSPS) is 11.1. The Hall–Kier alpha value is -4.09. The lowest BCUT2D eigenvalue weighted by Gasteiger charge is -2.12. The van der Waals surface area contributed by atoms with Crippen molar-refractivity contribution in [1.29, 1.82) is 0 Å². The fraction of sp³-hybridized carbons (Fsp3) is 0.0769. The van der Waals surface area contributed by atoms with E-state index in [2.05, 4.69) is 20.6 Å². The van der Waals surface area contributed by atoms with Gasteiger partial charge in [0.25, 0.3) is 5.91 Å². The molecule has 0 spiro atoms. The molecule has 2 N–H and O–H groups in total. The lowest BCUT2D eigenvalue weighted by Crippen LogP contribution is -2.12. The topological polar surface area (TPSA) is 93.2 Å². The molecule has 0 unspecified atom stereocenters. The largest absolute Gasteiger partial charge is 0.438 e. The number of hydrogen-bond donors (Lipinski definition) is 2. The van der Waals surface area contributed by atoms with Crippen molar-refractivity contribution in [2.24, 2.45) is 0 Å². The number of nitrogens with zero attached hydrogens (tertiary/aromatic N) is 2. The first-order valence-electron chi connectivity index (χ1n) is 10.9. The number of pyridine rings is 2. The van der Waals surface area contributed by atoms with E-state index >= 15 is 0 Å². The first-order valence-corrected chi connectivity index (χ1v) is 12.1. The number of amides is 2. The van der Waals surface area contributed by atoms with Crippen LogP contribution in [-0.2, 0) is 11.0 Å². The summed E-state index contributed by atoms with van der Waals surface area (Å²) < 4.78 is 43.9. The number of anilines is 2. The van der Waals surface area contributed by atoms with Crippen LogP contribution in [0.2, 0.25) is 5.02 Å². The quantitative estimate of drug-likeness (QED) is 0.247. The Morgan fingerprint density at radius 2 is 1.68 bits per heavy atom. The van der Waals surface area contributed by atoms with Crippen molar-refractivity contribution in [3.8, 4) is 11.6 Å². The highest BCUT2D eigenvalue weighted by molar-refractivity contribution is 7.99. The fourth-order valence-electron chi connectivity index (χ4n) is 3.14. The molecule has 194 valence electrons. The van der Waals surface area contributed by atoms with Crippen molar-refractivity contribution < 1.29 is 27.5 Å². The van der Waals surface area contributed by atoms with E-state index < -0.39 is 11.7 Å². The van der Waals surface area contributed by atoms with Gasteiger partial charge in [-0.15, -0.1) is 0 Å². The second-order valence-electron chi connectivity index (χ2n) is 7.75. The molecule has 0 aliphatic rings. The van der Waals surface area contributed by atoms with Gasteiger partial charge >= 0.3 is 6.18 Å². The molecule has 2 aromatic carbocycles. The van der Waals surface area contributed by atoms with Crippen molar-refractivity contribution >= 4 is 46.7 Å². The monoisotopic (exact) mass is 558 g/mol. The van der Waals surface area contributed by atoms with Crippen LogP contribution in [0.1, 0.15) is 22.8 Å². The van der Waals surface area contributed by atoms with Crippen LogP contribution >= 0.6 is 23.4 Å². The highest BCUT2D eigenvalue weighted by atomic mass is 35.5. The van der Waals surface area contributed by atoms with Crippen LogP contribution in [0.15, 0.2) is 88.9 Å². The molecule has 2 aromatic heterocycles. The molecule has 0 aliphatic carbocycles. The molecule has 0 aliphatic heterocycles. The Labute approximate surface area is 224 Å². The first kappa shape index (κ1) is 27.0. The maximum atomic E-state index is 13.0. The third kappa shape index (κ3) is 7.02. The Balaban J connectivity index is 1.42. The average molecular weight is 559 g/mol. The van der Waals surface area contributed by atoms with Crippen LogP contribution < -0.4 is 15.4 Å². The molecule has 0 saturated carbocycles. The minimum Gasteiger partial charge on any atom is -0.438 e. The third-order valence-corrected chi connectivity index (χ3v) is 6.19. The lowest BCUT2D eigenvalue weighted by molar-refractivity contribution is -0.137. The second-order valence-corrected chi connectivity index (χ2v) is 9.27. The number of carbonyl (C=O) groups excluding carboxylic acids is 2. The molecule has 0 atom stereocenters. The Morgan fingerprint density at radius 3 is 2.32 bits per heavy atom. The molecule has 2 heterocycles.